The summed E-state index contributed by atoms with van der Waals surface area (Å²) in [5, 5.41) is 3.28. The summed E-state index contributed by atoms with van der Waals surface area (Å²) < 4.78 is 5.59. The Morgan fingerprint density at radius 3 is 2.53 bits per heavy atom. The molecule has 0 aliphatic carbocycles. The molecule has 1 unspecified atom stereocenters. The molecule has 0 fully saturated rings. The lowest BCUT2D eigenvalue weighted by Crippen LogP contribution is -2.10. The lowest BCUT2D eigenvalue weighted by molar-refractivity contribution is 0.466. The highest BCUT2D eigenvalue weighted by Gasteiger charge is 2.12. The standard InChI is InChI=1S/C14H20N4O/c1-8(2)14-17-12(15)7-13(18-14)16-10(4)11-6-5-9(3)19-11/h5-8,10H,1-4H3,(H3,15,16,17,18). The highest BCUT2D eigenvalue weighted by atomic mass is 16.3. The maximum Gasteiger partial charge on any atom is 0.135 e. The van der Waals surface area contributed by atoms with Gasteiger partial charge >= 0.3 is 0 Å². The normalized spacial score (nSPS) is 12.7. The zero-order valence-electron chi connectivity index (χ0n) is 11.8. The van der Waals surface area contributed by atoms with E-state index in [-0.39, 0.29) is 12.0 Å². The van der Waals surface area contributed by atoms with Crippen LogP contribution in [0.1, 0.15) is 50.1 Å². The highest BCUT2D eigenvalue weighted by Crippen LogP contribution is 2.22. The number of aryl methyl sites for hydroxylation is 1. The van der Waals surface area contributed by atoms with Crippen molar-refractivity contribution in [2.75, 3.05) is 11.1 Å². The van der Waals surface area contributed by atoms with Crippen LogP contribution in [0.3, 0.4) is 0 Å². The van der Waals surface area contributed by atoms with Crippen LogP contribution in [0.5, 0.6) is 0 Å². The average molecular weight is 260 g/mol. The molecule has 5 heteroatoms. The van der Waals surface area contributed by atoms with Gasteiger partial charge in [-0.3, -0.25) is 0 Å². The first-order valence-electron chi connectivity index (χ1n) is 6.43. The lowest BCUT2D eigenvalue weighted by atomic mass is 10.2. The van der Waals surface area contributed by atoms with Gasteiger partial charge in [-0.15, -0.1) is 0 Å². The molecule has 2 aromatic rings. The third-order valence-corrected chi connectivity index (χ3v) is 2.83. The number of nitrogens with two attached hydrogens (primary N) is 1. The maximum absolute atomic E-state index is 5.80. The van der Waals surface area contributed by atoms with Crippen LogP contribution in [0.2, 0.25) is 0 Å². The van der Waals surface area contributed by atoms with E-state index in [1.807, 2.05) is 39.8 Å². The fourth-order valence-corrected chi connectivity index (χ4v) is 1.80. The quantitative estimate of drug-likeness (QED) is 0.882. The number of hydrogen-bond donors (Lipinski definition) is 2. The van der Waals surface area contributed by atoms with Gasteiger partial charge in [0.05, 0.1) is 6.04 Å². The third-order valence-electron chi connectivity index (χ3n) is 2.83. The molecule has 0 saturated carbocycles. The first-order chi connectivity index (χ1) is 8.95. The van der Waals surface area contributed by atoms with E-state index >= 15 is 0 Å². The molecule has 2 aromatic heterocycles. The van der Waals surface area contributed by atoms with E-state index in [2.05, 4.69) is 15.3 Å². The van der Waals surface area contributed by atoms with E-state index in [1.54, 1.807) is 6.07 Å². The minimum Gasteiger partial charge on any atom is -0.464 e. The molecule has 2 rings (SSSR count). The van der Waals surface area contributed by atoms with E-state index in [4.69, 9.17) is 10.2 Å². The number of aromatic nitrogens is 2. The third kappa shape index (κ3) is 3.24. The number of rotatable bonds is 4. The largest absolute Gasteiger partial charge is 0.464 e. The number of hydrogen-bond acceptors (Lipinski definition) is 5. The summed E-state index contributed by atoms with van der Waals surface area (Å²) in [5.74, 6) is 3.95. The molecule has 2 heterocycles. The second-order valence-electron chi connectivity index (χ2n) is 5.01. The molecule has 0 bridgehead atoms. The Labute approximate surface area is 113 Å². The van der Waals surface area contributed by atoms with Crippen molar-refractivity contribution in [1.29, 1.82) is 0 Å². The number of nitrogens with zero attached hydrogens (tertiary/aromatic N) is 2. The Balaban J connectivity index is 2.18. The predicted molar refractivity (Wildman–Crippen MR) is 76.0 cm³/mol. The molecular formula is C14H20N4O. The number of furan rings is 1. The van der Waals surface area contributed by atoms with Gasteiger partial charge in [0.2, 0.25) is 0 Å². The smallest absolute Gasteiger partial charge is 0.135 e. The molecule has 5 nitrogen and oxygen atoms in total. The molecule has 19 heavy (non-hydrogen) atoms. The SMILES string of the molecule is Cc1ccc(C(C)Nc2cc(N)nc(C(C)C)n2)o1. The van der Waals surface area contributed by atoms with Crippen molar-refractivity contribution in [3.63, 3.8) is 0 Å². The molecule has 0 amide bonds. The van der Waals surface area contributed by atoms with E-state index in [0.29, 0.717) is 5.82 Å². The number of nitrogen functional groups attached to an aromatic ring is 1. The van der Waals surface area contributed by atoms with Gasteiger partial charge in [0.1, 0.15) is 29.0 Å². The summed E-state index contributed by atoms with van der Waals surface area (Å²) >= 11 is 0. The van der Waals surface area contributed by atoms with Crippen LogP contribution in [0.15, 0.2) is 22.6 Å². The zero-order valence-corrected chi connectivity index (χ0v) is 11.8. The van der Waals surface area contributed by atoms with Gasteiger partial charge in [-0.25, -0.2) is 9.97 Å². The molecule has 102 valence electrons. The van der Waals surface area contributed by atoms with Gasteiger partial charge in [-0.1, -0.05) is 13.8 Å². The van der Waals surface area contributed by atoms with E-state index in [1.165, 1.54) is 0 Å². The second-order valence-corrected chi connectivity index (χ2v) is 5.01. The molecule has 0 saturated heterocycles. The topological polar surface area (TPSA) is 77.0 Å². The summed E-state index contributed by atoms with van der Waals surface area (Å²) in [4.78, 5) is 8.68. The maximum atomic E-state index is 5.80. The van der Waals surface area contributed by atoms with E-state index in [9.17, 15) is 0 Å². The van der Waals surface area contributed by atoms with Crippen LogP contribution in [-0.4, -0.2) is 9.97 Å². The summed E-state index contributed by atoms with van der Waals surface area (Å²) in [6, 6.07) is 5.67. The average Bonchev–Trinajstić information content (AvgIpc) is 2.75. The fourth-order valence-electron chi connectivity index (χ4n) is 1.80. The van der Waals surface area contributed by atoms with Crippen molar-refractivity contribution in [3.05, 3.63) is 35.5 Å². The fraction of sp³-hybridized carbons (Fsp3) is 0.429. The highest BCUT2D eigenvalue weighted by molar-refractivity contribution is 5.46. The molecule has 0 aliphatic rings. The molecule has 0 aromatic carbocycles. The molecular weight excluding hydrogens is 240 g/mol. The first-order valence-corrected chi connectivity index (χ1v) is 6.43. The van der Waals surface area contributed by atoms with Crippen LogP contribution >= 0.6 is 0 Å². The van der Waals surface area contributed by atoms with Gasteiger partial charge in [0.25, 0.3) is 0 Å². The van der Waals surface area contributed by atoms with Crippen molar-refractivity contribution in [2.24, 2.45) is 0 Å². The molecule has 0 radical (unpaired) electrons. The Kier molecular flexibility index (Phi) is 3.74. The monoisotopic (exact) mass is 260 g/mol. The van der Waals surface area contributed by atoms with Gasteiger partial charge in [-0.2, -0.15) is 0 Å². The van der Waals surface area contributed by atoms with Crippen LogP contribution in [0, 0.1) is 6.92 Å². The summed E-state index contributed by atoms with van der Waals surface area (Å²) in [6.45, 7) is 8.02. The molecule has 3 N–H and O–H groups in total. The molecule has 0 aliphatic heterocycles. The molecule has 0 spiro atoms. The van der Waals surface area contributed by atoms with Gasteiger partial charge < -0.3 is 15.5 Å². The number of anilines is 2. The minimum atomic E-state index is 0.0306. The number of nitrogens with one attached hydrogen (secondary N) is 1. The van der Waals surface area contributed by atoms with E-state index < -0.39 is 0 Å². The van der Waals surface area contributed by atoms with Crippen molar-refractivity contribution in [1.82, 2.24) is 9.97 Å². The summed E-state index contributed by atoms with van der Waals surface area (Å²) in [6.07, 6.45) is 0. The summed E-state index contributed by atoms with van der Waals surface area (Å²) in [5.41, 5.74) is 5.80. The van der Waals surface area contributed by atoms with E-state index in [0.717, 1.165) is 23.2 Å². The van der Waals surface area contributed by atoms with Crippen LogP contribution in [0.25, 0.3) is 0 Å². The Morgan fingerprint density at radius 2 is 1.95 bits per heavy atom. The van der Waals surface area contributed by atoms with Gasteiger partial charge in [0, 0.05) is 12.0 Å². The first kappa shape index (κ1) is 13.4. The van der Waals surface area contributed by atoms with Crippen molar-refractivity contribution < 1.29 is 4.42 Å². The van der Waals surface area contributed by atoms with Gasteiger partial charge in [-0.05, 0) is 26.0 Å². The molecule has 1 atom stereocenters. The Hall–Kier alpha value is -2.04. The van der Waals surface area contributed by atoms with Crippen molar-refractivity contribution in [3.8, 4) is 0 Å². The van der Waals surface area contributed by atoms with Crippen LogP contribution in [0.4, 0.5) is 11.6 Å². The Bertz CT molecular complexity index is 562. The van der Waals surface area contributed by atoms with Crippen LogP contribution < -0.4 is 11.1 Å². The zero-order chi connectivity index (χ0) is 14.0. The predicted octanol–water partition coefficient (Wildman–Crippen LogP) is 3.26. The van der Waals surface area contributed by atoms with Crippen molar-refractivity contribution >= 4 is 11.6 Å². The van der Waals surface area contributed by atoms with Crippen molar-refractivity contribution in [2.45, 2.75) is 39.7 Å². The van der Waals surface area contributed by atoms with Gasteiger partial charge in [0.15, 0.2) is 0 Å². The lowest BCUT2D eigenvalue weighted by Gasteiger charge is -2.14. The Morgan fingerprint density at radius 1 is 1.21 bits per heavy atom. The second kappa shape index (κ2) is 5.30. The minimum absolute atomic E-state index is 0.0306. The van der Waals surface area contributed by atoms with Crippen LogP contribution in [-0.2, 0) is 0 Å². The summed E-state index contributed by atoms with van der Waals surface area (Å²) in [7, 11) is 0.